The Hall–Kier alpha value is -5.60. The van der Waals surface area contributed by atoms with Gasteiger partial charge in [-0.1, -0.05) is 109 Å². The second-order valence-electron chi connectivity index (χ2n) is 14.2. The van der Waals surface area contributed by atoms with Crippen LogP contribution in [0.4, 0.5) is 0 Å². The number of fused-ring (bicyclic) bond motifs is 7. The number of aromatic nitrogens is 2. The molecule has 0 fully saturated rings. The maximum absolute atomic E-state index is 2.48. The fourth-order valence-electron chi connectivity index (χ4n) is 8.33. The number of hydrogen-bond donors (Lipinski definition) is 0. The Morgan fingerprint density at radius 3 is 1.38 bits per heavy atom. The predicted octanol–water partition coefficient (Wildman–Crippen LogP) is 10.2. The van der Waals surface area contributed by atoms with Crippen LogP contribution in [0, 0.1) is 13.8 Å². The lowest BCUT2D eigenvalue weighted by atomic mass is 9.79. The molecule has 2 aromatic heterocycles. The van der Waals surface area contributed by atoms with Crippen molar-refractivity contribution in [2.24, 2.45) is 0 Å². The minimum absolute atomic E-state index is 0.974. The monoisotopic (exact) mass is 646 g/mol. The van der Waals surface area contributed by atoms with Crippen LogP contribution in [-0.4, -0.2) is 0 Å². The molecule has 0 unspecified atom stereocenters. The number of benzene rings is 3. The summed E-state index contributed by atoms with van der Waals surface area (Å²) in [5.41, 5.74) is 22.1. The van der Waals surface area contributed by atoms with Crippen molar-refractivity contribution in [2.75, 3.05) is 0 Å². The molecule has 2 aliphatic heterocycles. The van der Waals surface area contributed by atoms with E-state index in [-0.39, 0.29) is 0 Å². The van der Waals surface area contributed by atoms with Gasteiger partial charge in [-0.3, -0.25) is 0 Å². The van der Waals surface area contributed by atoms with Crippen LogP contribution < -0.4 is 9.13 Å². The number of hydrogen-bond acceptors (Lipinski definition) is 0. The molecule has 0 spiro atoms. The summed E-state index contributed by atoms with van der Waals surface area (Å²) >= 11 is 0. The van der Waals surface area contributed by atoms with Gasteiger partial charge < -0.3 is 0 Å². The Bertz CT molecular complexity index is 2190. The SMILES string of the molecule is Cc1c(C)c2c(c3c1CC[n+]1ccc(/C=C/C4=CC=C(c5ccccc5)C4)cc1-3)-c1cc(/C=C/C3=CC=C(c4ccccc4)C3)cc[n+]1CC2. The van der Waals surface area contributed by atoms with E-state index in [1.54, 1.807) is 0 Å². The molecule has 0 saturated heterocycles. The lowest BCUT2D eigenvalue weighted by molar-refractivity contribution is -0.689. The van der Waals surface area contributed by atoms with Crippen LogP contribution in [0.15, 0.2) is 145 Å². The van der Waals surface area contributed by atoms with E-state index in [4.69, 9.17) is 0 Å². The quantitative estimate of drug-likeness (QED) is 0.162. The fourth-order valence-corrected chi connectivity index (χ4v) is 8.33. The Labute approximate surface area is 296 Å². The van der Waals surface area contributed by atoms with E-state index in [9.17, 15) is 0 Å². The number of nitrogens with zero attached hydrogens (tertiary/aromatic N) is 2. The zero-order valence-corrected chi connectivity index (χ0v) is 29.0. The molecular formula is C48H42N2+2. The maximum Gasteiger partial charge on any atom is 0.214 e. The highest BCUT2D eigenvalue weighted by atomic mass is 15.0. The van der Waals surface area contributed by atoms with Gasteiger partial charge in [0, 0.05) is 37.1 Å². The van der Waals surface area contributed by atoms with Gasteiger partial charge in [-0.2, -0.15) is 9.13 Å². The molecule has 242 valence electrons. The van der Waals surface area contributed by atoms with Gasteiger partial charge in [-0.05, 0) is 93.5 Å². The largest absolute Gasteiger partial charge is 0.214 e. The smallest absolute Gasteiger partial charge is 0.198 e. The first-order valence-electron chi connectivity index (χ1n) is 18.1. The van der Waals surface area contributed by atoms with Gasteiger partial charge in [0.2, 0.25) is 11.4 Å². The van der Waals surface area contributed by atoms with Crippen molar-refractivity contribution in [1.29, 1.82) is 0 Å². The molecule has 5 aromatic rings. The van der Waals surface area contributed by atoms with E-state index in [1.165, 1.54) is 89.3 Å². The first-order chi connectivity index (χ1) is 24.6. The van der Waals surface area contributed by atoms with E-state index in [2.05, 4.69) is 169 Å². The van der Waals surface area contributed by atoms with Crippen LogP contribution in [0.1, 0.15) is 57.3 Å². The average molecular weight is 647 g/mol. The van der Waals surface area contributed by atoms with E-state index < -0.39 is 0 Å². The van der Waals surface area contributed by atoms with Gasteiger partial charge in [-0.15, -0.1) is 0 Å². The Morgan fingerprint density at radius 2 is 0.940 bits per heavy atom. The summed E-state index contributed by atoms with van der Waals surface area (Å²) in [6.45, 7) is 6.73. The minimum atomic E-state index is 0.974. The first-order valence-corrected chi connectivity index (χ1v) is 18.1. The van der Waals surface area contributed by atoms with Crippen LogP contribution >= 0.6 is 0 Å². The lowest BCUT2D eigenvalue weighted by Gasteiger charge is -2.27. The average Bonchev–Trinajstić information content (AvgIpc) is 3.86. The van der Waals surface area contributed by atoms with Crippen molar-refractivity contribution >= 4 is 23.3 Å². The van der Waals surface area contributed by atoms with Crippen molar-refractivity contribution in [3.05, 3.63) is 189 Å². The standard InChI is InChI=1S/C48H42N2/c1-33-34(2)44-24-28-50-26-22-38(16-14-36-18-20-42(30-36)40-11-7-4-8-12-40)32-46(50)48(44)47-43(33)23-27-49-25-21-37(31-45(47)49)15-13-35-17-19-41(29-35)39-9-5-3-6-10-39/h3-22,25-26,31-32H,23-24,27-30H2,1-2H3/q+2/b15-13+,16-14+. The van der Waals surface area contributed by atoms with Crippen molar-refractivity contribution in [3.63, 3.8) is 0 Å². The molecule has 3 aromatic carbocycles. The fraction of sp³-hybridized carbons (Fsp3) is 0.167. The number of pyridine rings is 2. The van der Waals surface area contributed by atoms with Crippen LogP contribution in [0.2, 0.25) is 0 Å². The zero-order chi connectivity index (χ0) is 33.6. The van der Waals surface area contributed by atoms with Gasteiger partial charge in [0.15, 0.2) is 25.5 Å². The molecule has 0 N–H and O–H groups in total. The second kappa shape index (κ2) is 12.7. The van der Waals surface area contributed by atoms with Crippen LogP contribution in [0.3, 0.4) is 0 Å². The molecule has 0 saturated carbocycles. The third kappa shape index (κ3) is 5.55. The lowest BCUT2D eigenvalue weighted by Crippen LogP contribution is -2.43. The molecule has 4 aliphatic rings. The highest BCUT2D eigenvalue weighted by Crippen LogP contribution is 2.43. The van der Waals surface area contributed by atoms with Gasteiger partial charge in [0.25, 0.3) is 0 Å². The summed E-state index contributed by atoms with van der Waals surface area (Å²) in [5, 5.41) is 0. The molecule has 0 amide bonds. The molecular weight excluding hydrogens is 605 g/mol. The van der Waals surface area contributed by atoms with Crippen LogP contribution in [0.5, 0.6) is 0 Å². The number of rotatable bonds is 6. The molecule has 2 aliphatic carbocycles. The van der Waals surface area contributed by atoms with E-state index in [0.717, 1.165) is 38.8 Å². The van der Waals surface area contributed by atoms with Crippen molar-refractivity contribution in [2.45, 2.75) is 52.6 Å². The van der Waals surface area contributed by atoms with Gasteiger partial charge in [-0.25, -0.2) is 0 Å². The first kappa shape index (κ1) is 30.5. The minimum Gasteiger partial charge on any atom is -0.198 e. The Morgan fingerprint density at radius 1 is 0.500 bits per heavy atom. The molecule has 9 rings (SSSR count). The van der Waals surface area contributed by atoms with Gasteiger partial charge in [0.05, 0.1) is 11.1 Å². The third-order valence-electron chi connectivity index (χ3n) is 11.2. The van der Waals surface area contributed by atoms with Crippen LogP contribution in [0.25, 0.3) is 45.8 Å². The summed E-state index contributed by atoms with van der Waals surface area (Å²) in [6, 6.07) is 30.9. The maximum atomic E-state index is 2.48. The highest BCUT2D eigenvalue weighted by Gasteiger charge is 2.36. The molecule has 2 nitrogen and oxygen atoms in total. The molecule has 4 heterocycles. The van der Waals surface area contributed by atoms with Crippen molar-refractivity contribution < 1.29 is 9.13 Å². The molecule has 0 radical (unpaired) electrons. The van der Waals surface area contributed by atoms with Gasteiger partial charge in [0.1, 0.15) is 0 Å². The summed E-state index contributed by atoms with van der Waals surface area (Å²) in [6.07, 6.45) is 27.0. The number of allylic oxidation sites excluding steroid dienone is 10. The summed E-state index contributed by atoms with van der Waals surface area (Å²) in [4.78, 5) is 0. The van der Waals surface area contributed by atoms with E-state index in [0.29, 0.717) is 0 Å². The normalized spacial score (nSPS) is 16.0. The summed E-state index contributed by atoms with van der Waals surface area (Å²) in [7, 11) is 0. The molecule has 2 heteroatoms. The Balaban J connectivity index is 1.04. The topological polar surface area (TPSA) is 7.76 Å². The second-order valence-corrected chi connectivity index (χ2v) is 14.2. The Kier molecular flexibility index (Phi) is 7.73. The molecule has 0 atom stereocenters. The number of aryl methyl sites for hydroxylation is 2. The van der Waals surface area contributed by atoms with Crippen molar-refractivity contribution in [1.82, 2.24) is 0 Å². The summed E-state index contributed by atoms with van der Waals surface area (Å²) < 4.78 is 4.95. The van der Waals surface area contributed by atoms with E-state index in [1.807, 2.05) is 0 Å². The predicted molar refractivity (Wildman–Crippen MR) is 207 cm³/mol. The highest BCUT2D eigenvalue weighted by molar-refractivity contribution is 5.87. The van der Waals surface area contributed by atoms with Crippen molar-refractivity contribution in [3.8, 4) is 22.5 Å². The third-order valence-corrected chi connectivity index (χ3v) is 11.2. The molecule has 50 heavy (non-hydrogen) atoms. The molecule has 0 bridgehead atoms. The van der Waals surface area contributed by atoms with Gasteiger partial charge >= 0.3 is 0 Å². The zero-order valence-electron chi connectivity index (χ0n) is 29.0. The van der Waals surface area contributed by atoms with Crippen LogP contribution in [-0.2, 0) is 25.9 Å². The van der Waals surface area contributed by atoms with E-state index >= 15 is 0 Å². The summed E-state index contributed by atoms with van der Waals surface area (Å²) in [5.74, 6) is 0.